The molecule has 1 aromatic carbocycles. The molecule has 4 heteroatoms. The van der Waals surface area contributed by atoms with Gasteiger partial charge in [0.05, 0.1) is 6.42 Å². The van der Waals surface area contributed by atoms with E-state index < -0.39 is 5.97 Å². The maximum Gasteiger partial charge on any atom is 0.307 e. The monoisotopic (exact) mass is 216 g/mol. The Bertz CT molecular complexity index is 500. The van der Waals surface area contributed by atoms with Crippen LogP contribution in [0.5, 0.6) is 0 Å². The van der Waals surface area contributed by atoms with Crippen molar-refractivity contribution >= 4 is 5.97 Å². The number of carboxylic acid groups (broad SMARTS) is 1. The smallest absolute Gasteiger partial charge is 0.307 e. The van der Waals surface area contributed by atoms with Gasteiger partial charge in [-0.2, -0.15) is 0 Å². The SMILES string of the molecule is Cn1ccnc1-c1ccc(CC(=O)O)cc1. The van der Waals surface area contributed by atoms with Crippen LogP contribution in [0.15, 0.2) is 36.7 Å². The van der Waals surface area contributed by atoms with Crippen LogP contribution in [0.4, 0.5) is 0 Å². The lowest BCUT2D eigenvalue weighted by atomic mass is 10.1. The number of hydrogen-bond acceptors (Lipinski definition) is 2. The van der Waals surface area contributed by atoms with E-state index in [1.54, 1.807) is 6.20 Å². The summed E-state index contributed by atoms with van der Waals surface area (Å²) in [6, 6.07) is 7.41. The maximum absolute atomic E-state index is 10.5. The molecule has 0 bridgehead atoms. The summed E-state index contributed by atoms with van der Waals surface area (Å²) in [7, 11) is 1.92. The second-order valence-electron chi connectivity index (χ2n) is 3.63. The summed E-state index contributed by atoms with van der Waals surface area (Å²) in [6.07, 6.45) is 3.67. The Balaban J connectivity index is 2.26. The van der Waals surface area contributed by atoms with E-state index in [0.717, 1.165) is 17.0 Å². The average molecular weight is 216 g/mol. The summed E-state index contributed by atoms with van der Waals surface area (Å²) in [4.78, 5) is 14.7. The van der Waals surface area contributed by atoms with E-state index in [1.165, 1.54) is 0 Å². The first kappa shape index (κ1) is 10.4. The third-order valence-corrected chi connectivity index (χ3v) is 2.39. The molecule has 0 radical (unpaired) electrons. The second-order valence-corrected chi connectivity index (χ2v) is 3.63. The van der Waals surface area contributed by atoms with Crippen molar-refractivity contribution in [1.29, 1.82) is 0 Å². The van der Waals surface area contributed by atoms with E-state index in [9.17, 15) is 4.79 Å². The van der Waals surface area contributed by atoms with Gasteiger partial charge in [0, 0.05) is 25.0 Å². The van der Waals surface area contributed by atoms with Gasteiger partial charge in [-0.25, -0.2) is 4.98 Å². The van der Waals surface area contributed by atoms with Crippen LogP contribution in [-0.2, 0) is 18.3 Å². The molecular formula is C12H12N2O2. The summed E-state index contributed by atoms with van der Waals surface area (Å²) in [5.74, 6) is 0.0617. The molecule has 1 heterocycles. The van der Waals surface area contributed by atoms with Crippen LogP contribution in [0.25, 0.3) is 11.4 Å². The van der Waals surface area contributed by atoms with E-state index >= 15 is 0 Å². The van der Waals surface area contributed by atoms with Crippen molar-refractivity contribution in [2.75, 3.05) is 0 Å². The molecule has 2 rings (SSSR count). The Morgan fingerprint density at radius 2 is 2.06 bits per heavy atom. The zero-order valence-electron chi connectivity index (χ0n) is 8.92. The number of nitrogens with zero attached hydrogens (tertiary/aromatic N) is 2. The molecule has 82 valence electrons. The molecule has 0 saturated carbocycles. The van der Waals surface area contributed by atoms with Gasteiger partial charge < -0.3 is 9.67 Å². The largest absolute Gasteiger partial charge is 0.481 e. The summed E-state index contributed by atoms with van der Waals surface area (Å²) < 4.78 is 1.92. The Labute approximate surface area is 93.2 Å². The van der Waals surface area contributed by atoms with Crippen molar-refractivity contribution in [1.82, 2.24) is 9.55 Å². The third kappa shape index (κ3) is 2.11. The molecule has 0 spiro atoms. The summed E-state index contributed by atoms with van der Waals surface area (Å²) in [6.45, 7) is 0. The summed E-state index contributed by atoms with van der Waals surface area (Å²) in [5, 5.41) is 8.65. The molecule has 16 heavy (non-hydrogen) atoms. The highest BCUT2D eigenvalue weighted by Gasteiger charge is 2.04. The lowest BCUT2D eigenvalue weighted by Crippen LogP contribution is -1.99. The highest BCUT2D eigenvalue weighted by molar-refractivity contribution is 5.70. The predicted molar refractivity (Wildman–Crippen MR) is 60.0 cm³/mol. The topological polar surface area (TPSA) is 55.1 Å². The number of aryl methyl sites for hydroxylation is 1. The van der Waals surface area contributed by atoms with Crippen LogP contribution >= 0.6 is 0 Å². The molecule has 0 aliphatic heterocycles. The van der Waals surface area contributed by atoms with Gasteiger partial charge in [0.1, 0.15) is 5.82 Å². The van der Waals surface area contributed by atoms with Crippen molar-refractivity contribution in [2.24, 2.45) is 7.05 Å². The van der Waals surface area contributed by atoms with Crippen LogP contribution in [0.3, 0.4) is 0 Å². The number of carboxylic acids is 1. The Morgan fingerprint density at radius 1 is 1.38 bits per heavy atom. The molecule has 0 fully saturated rings. The quantitative estimate of drug-likeness (QED) is 0.849. The number of hydrogen-bond donors (Lipinski definition) is 1. The van der Waals surface area contributed by atoms with Crippen LogP contribution in [0.1, 0.15) is 5.56 Å². The molecule has 0 aliphatic carbocycles. The first-order valence-corrected chi connectivity index (χ1v) is 4.95. The fourth-order valence-corrected chi connectivity index (χ4v) is 1.59. The maximum atomic E-state index is 10.5. The minimum atomic E-state index is -0.815. The molecule has 4 nitrogen and oxygen atoms in total. The van der Waals surface area contributed by atoms with E-state index in [-0.39, 0.29) is 6.42 Å². The first-order valence-electron chi connectivity index (χ1n) is 4.95. The van der Waals surface area contributed by atoms with Crippen molar-refractivity contribution in [3.63, 3.8) is 0 Å². The summed E-state index contributed by atoms with van der Waals surface area (Å²) >= 11 is 0. The molecule has 1 aromatic heterocycles. The van der Waals surface area contributed by atoms with Crippen LogP contribution in [-0.4, -0.2) is 20.6 Å². The number of aromatic nitrogens is 2. The van der Waals surface area contributed by atoms with Crippen molar-refractivity contribution in [3.05, 3.63) is 42.2 Å². The Kier molecular flexibility index (Phi) is 2.72. The van der Waals surface area contributed by atoms with Crippen LogP contribution < -0.4 is 0 Å². The van der Waals surface area contributed by atoms with Gasteiger partial charge in [0.2, 0.25) is 0 Å². The molecular weight excluding hydrogens is 204 g/mol. The van der Waals surface area contributed by atoms with Crippen molar-refractivity contribution in [2.45, 2.75) is 6.42 Å². The van der Waals surface area contributed by atoms with Gasteiger partial charge >= 0.3 is 5.97 Å². The number of imidazole rings is 1. The molecule has 0 aliphatic rings. The normalized spacial score (nSPS) is 10.3. The molecule has 0 amide bonds. The molecule has 0 unspecified atom stereocenters. The average Bonchev–Trinajstić information content (AvgIpc) is 2.65. The van der Waals surface area contributed by atoms with Gasteiger partial charge in [-0.15, -0.1) is 0 Å². The number of benzene rings is 1. The van der Waals surface area contributed by atoms with Crippen molar-refractivity contribution in [3.8, 4) is 11.4 Å². The molecule has 1 N–H and O–H groups in total. The van der Waals surface area contributed by atoms with Gasteiger partial charge in [-0.05, 0) is 5.56 Å². The number of aliphatic carboxylic acids is 1. The van der Waals surface area contributed by atoms with E-state index in [1.807, 2.05) is 42.1 Å². The lowest BCUT2D eigenvalue weighted by Gasteiger charge is -2.02. The number of rotatable bonds is 3. The standard InChI is InChI=1S/C12H12N2O2/c1-14-7-6-13-12(14)10-4-2-9(3-5-10)8-11(15)16/h2-7H,8H2,1H3,(H,15,16). The summed E-state index contributed by atoms with van der Waals surface area (Å²) in [5.41, 5.74) is 1.78. The van der Waals surface area contributed by atoms with E-state index in [2.05, 4.69) is 4.98 Å². The van der Waals surface area contributed by atoms with E-state index in [4.69, 9.17) is 5.11 Å². The molecule has 0 saturated heterocycles. The number of carbonyl (C=O) groups is 1. The molecule has 2 aromatic rings. The van der Waals surface area contributed by atoms with Gasteiger partial charge in [-0.3, -0.25) is 4.79 Å². The zero-order valence-corrected chi connectivity index (χ0v) is 8.92. The van der Waals surface area contributed by atoms with Gasteiger partial charge in [-0.1, -0.05) is 24.3 Å². The molecule has 0 atom stereocenters. The fraction of sp³-hybridized carbons (Fsp3) is 0.167. The predicted octanol–water partition coefficient (Wildman–Crippen LogP) is 1.71. The minimum Gasteiger partial charge on any atom is -0.481 e. The third-order valence-electron chi connectivity index (χ3n) is 2.39. The van der Waals surface area contributed by atoms with Gasteiger partial charge in [0.15, 0.2) is 0 Å². The van der Waals surface area contributed by atoms with E-state index in [0.29, 0.717) is 0 Å². The second kappa shape index (κ2) is 4.18. The van der Waals surface area contributed by atoms with Crippen LogP contribution in [0, 0.1) is 0 Å². The Morgan fingerprint density at radius 3 is 2.56 bits per heavy atom. The minimum absolute atomic E-state index is 0.0564. The highest BCUT2D eigenvalue weighted by atomic mass is 16.4. The Hall–Kier alpha value is -2.10. The highest BCUT2D eigenvalue weighted by Crippen LogP contribution is 2.17. The zero-order chi connectivity index (χ0) is 11.5. The first-order chi connectivity index (χ1) is 7.66. The fourth-order valence-electron chi connectivity index (χ4n) is 1.59. The van der Waals surface area contributed by atoms with Gasteiger partial charge in [0.25, 0.3) is 0 Å². The lowest BCUT2D eigenvalue weighted by molar-refractivity contribution is -0.136. The van der Waals surface area contributed by atoms with Crippen molar-refractivity contribution < 1.29 is 9.90 Å². The van der Waals surface area contributed by atoms with Crippen LogP contribution in [0.2, 0.25) is 0 Å².